The summed E-state index contributed by atoms with van der Waals surface area (Å²) in [7, 11) is -3.86. The van der Waals surface area contributed by atoms with Gasteiger partial charge in [-0.3, -0.25) is 0 Å². The highest BCUT2D eigenvalue weighted by atomic mass is 35.5. The summed E-state index contributed by atoms with van der Waals surface area (Å²) in [4.78, 5) is 6.82. The first-order chi connectivity index (χ1) is 10.6. The number of primary sulfonamides is 1. The van der Waals surface area contributed by atoms with Crippen LogP contribution in [0.4, 0.5) is 24.7 Å². The Balaban J connectivity index is 2.46. The summed E-state index contributed by atoms with van der Waals surface area (Å²) in [5, 5.41) is 7.02. The molecule has 6 nitrogen and oxygen atoms in total. The zero-order valence-electron chi connectivity index (χ0n) is 11.3. The number of para-hydroxylation sites is 1. The highest BCUT2D eigenvalue weighted by molar-refractivity contribution is 7.88. The number of rotatable bonds is 4. The van der Waals surface area contributed by atoms with Gasteiger partial charge in [0.2, 0.25) is 15.3 Å². The Bertz CT molecular complexity index is 827. The van der Waals surface area contributed by atoms with Crippen molar-refractivity contribution in [2.45, 2.75) is 11.9 Å². The zero-order valence-corrected chi connectivity index (χ0v) is 12.9. The van der Waals surface area contributed by atoms with Gasteiger partial charge in [0, 0.05) is 11.9 Å². The molecule has 0 spiro atoms. The maximum absolute atomic E-state index is 13.0. The minimum Gasteiger partial charge on any atom is -0.339 e. The molecule has 0 aliphatic rings. The van der Waals surface area contributed by atoms with Gasteiger partial charge in [0.25, 0.3) is 0 Å². The molecule has 11 heteroatoms. The van der Waals surface area contributed by atoms with Crippen molar-refractivity contribution < 1.29 is 21.6 Å². The van der Waals surface area contributed by atoms with Crippen LogP contribution in [0.3, 0.4) is 0 Å². The van der Waals surface area contributed by atoms with E-state index >= 15 is 0 Å². The predicted molar refractivity (Wildman–Crippen MR) is 78.6 cm³/mol. The molecule has 2 aromatic rings. The van der Waals surface area contributed by atoms with Gasteiger partial charge in [0.15, 0.2) is 0 Å². The molecule has 1 aromatic heterocycles. The van der Waals surface area contributed by atoms with Crippen LogP contribution >= 0.6 is 11.6 Å². The molecule has 2 rings (SSSR count). The molecule has 1 aromatic carbocycles. The molecule has 0 atom stereocenters. The SMILES string of the molecule is NS(=O)(=O)Cc1ccccc1Nc1nc(Cl)ncc1C(F)(F)F. The molecule has 0 bridgehead atoms. The van der Waals surface area contributed by atoms with E-state index in [1.807, 2.05) is 0 Å². The van der Waals surface area contributed by atoms with Gasteiger partial charge in [0.05, 0.1) is 5.75 Å². The van der Waals surface area contributed by atoms with Crippen molar-refractivity contribution >= 4 is 33.1 Å². The molecule has 1 heterocycles. The summed E-state index contributed by atoms with van der Waals surface area (Å²) in [6, 6.07) is 5.87. The standard InChI is InChI=1S/C12H10ClF3N4O2S/c13-11-18-5-8(12(14,15)16)10(20-11)19-9-4-2-1-3-7(9)6-23(17,21)22/h1-5H,6H2,(H2,17,21,22)(H,18,19,20). The fourth-order valence-corrected chi connectivity index (χ4v) is 2.59. The smallest absolute Gasteiger partial charge is 0.339 e. The first-order valence-corrected chi connectivity index (χ1v) is 8.11. The third-order valence-electron chi connectivity index (χ3n) is 2.69. The fourth-order valence-electron chi connectivity index (χ4n) is 1.78. The molecule has 0 fully saturated rings. The van der Waals surface area contributed by atoms with E-state index in [0.29, 0.717) is 6.20 Å². The van der Waals surface area contributed by atoms with E-state index in [1.54, 1.807) is 0 Å². The van der Waals surface area contributed by atoms with E-state index in [2.05, 4.69) is 15.3 Å². The molecule has 0 saturated carbocycles. The third-order valence-corrected chi connectivity index (χ3v) is 3.59. The van der Waals surface area contributed by atoms with Crippen LogP contribution in [0.15, 0.2) is 30.5 Å². The van der Waals surface area contributed by atoms with Gasteiger partial charge in [-0.15, -0.1) is 0 Å². The zero-order chi connectivity index (χ0) is 17.3. The Morgan fingerprint density at radius 3 is 2.52 bits per heavy atom. The second-order valence-corrected chi connectivity index (χ2v) is 6.44. The van der Waals surface area contributed by atoms with E-state index in [-0.39, 0.29) is 16.5 Å². The lowest BCUT2D eigenvalue weighted by Crippen LogP contribution is -2.16. The van der Waals surface area contributed by atoms with E-state index in [9.17, 15) is 21.6 Å². The number of hydrogen-bond acceptors (Lipinski definition) is 5. The molecule has 23 heavy (non-hydrogen) atoms. The summed E-state index contributed by atoms with van der Waals surface area (Å²) < 4.78 is 61.3. The van der Waals surface area contributed by atoms with Gasteiger partial charge in [-0.25, -0.2) is 18.5 Å². The summed E-state index contributed by atoms with van der Waals surface area (Å²) >= 11 is 5.53. The number of nitrogens with two attached hydrogens (primary N) is 1. The molecule has 0 aliphatic heterocycles. The van der Waals surface area contributed by atoms with Crippen molar-refractivity contribution in [3.05, 3.63) is 46.9 Å². The maximum Gasteiger partial charge on any atom is 0.421 e. The van der Waals surface area contributed by atoms with Gasteiger partial charge >= 0.3 is 6.18 Å². The van der Waals surface area contributed by atoms with E-state index < -0.39 is 33.3 Å². The van der Waals surface area contributed by atoms with Crippen LogP contribution in [0.2, 0.25) is 5.28 Å². The lowest BCUT2D eigenvalue weighted by Gasteiger charge is -2.15. The van der Waals surface area contributed by atoms with E-state index in [1.165, 1.54) is 24.3 Å². The summed E-state index contributed by atoms with van der Waals surface area (Å²) in [5.74, 6) is -1.13. The average molecular weight is 367 g/mol. The number of alkyl halides is 3. The second kappa shape index (κ2) is 6.30. The highest BCUT2D eigenvalue weighted by Gasteiger charge is 2.35. The van der Waals surface area contributed by atoms with Crippen molar-refractivity contribution in [3.63, 3.8) is 0 Å². The number of aromatic nitrogens is 2. The lowest BCUT2D eigenvalue weighted by atomic mass is 10.2. The van der Waals surface area contributed by atoms with Gasteiger partial charge in [-0.1, -0.05) is 18.2 Å². The van der Waals surface area contributed by atoms with Gasteiger partial charge < -0.3 is 5.32 Å². The number of nitrogens with zero attached hydrogens (tertiary/aromatic N) is 2. The summed E-state index contributed by atoms with van der Waals surface area (Å²) in [6.45, 7) is 0. The Kier molecular flexibility index (Phi) is 4.78. The monoisotopic (exact) mass is 366 g/mol. The van der Waals surface area contributed by atoms with Crippen molar-refractivity contribution in [3.8, 4) is 0 Å². The summed E-state index contributed by atoms with van der Waals surface area (Å²) in [5.41, 5.74) is -0.827. The van der Waals surface area contributed by atoms with Gasteiger partial charge in [-0.2, -0.15) is 18.2 Å². The lowest BCUT2D eigenvalue weighted by molar-refractivity contribution is -0.137. The minimum absolute atomic E-state index is 0.113. The number of nitrogens with one attached hydrogen (secondary N) is 1. The van der Waals surface area contributed by atoms with E-state index in [0.717, 1.165) is 0 Å². The Labute approximate surface area is 134 Å². The Morgan fingerprint density at radius 1 is 1.26 bits per heavy atom. The number of hydrogen-bond donors (Lipinski definition) is 2. The van der Waals surface area contributed by atoms with Crippen LogP contribution < -0.4 is 10.5 Å². The number of benzene rings is 1. The number of halogens is 4. The molecular formula is C12H10ClF3N4O2S. The highest BCUT2D eigenvalue weighted by Crippen LogP contribution is 2.35. The summed E-state index contributed by atoms with van der Waals surface area (Å²) in [6.07, 6.45) is -4.16. The molecule has 0 saturated heterocycles. The second-order valence-electron chi connectivity index (χ2n) is 4.49. The Morgan fingerprint density at radius 2 is 1.91 bits per heavy atom. The van der Waals surface area contributed by atoms with Gasteiger partial charge in [0.1, 0.15) is 11.4 Å². The largest absolute Gasteiger partial charge is 0.421 e. The van der Waals surface area contributed by atoms with Crippen LogP contribution in [0.5, 0.6) is 0 Å². The Hall–Kier alpha value is -1.91. The van der Waals surface area contributed by atoms with Crippen molar-refractivity contribution in [2.24, 2.45) is 5.14 Å². The van der Waals surface area contributed by atoms with Crippen molar-refractivity contribution in [1.82, 2.24) is 9.97 Å². The van der Waals surface area contributed by atoms with Crippen LogP contribution in [-0.4, -0.2) is 18.4 Å². The molecule has 0 unspecified atom stereocenters. The fraction of sp³-hybridized carbons (Fsp3) is 0.167. The number of sulfonamides is 1. The minimum atomic E-state index is -4.71. The van der Waals surface area contributed by atoms with Crippen LogP contribution in [0, 0.1) is 0 Å². The average Bonchev–Trinajstić information content (AvgIpc) is 2.38. The molecule has 0 radical (unpaired) electrons. The number of anilines is 2. The van der Waals surface area contributed by atoms with Gasteiger partial charge in [-0.05, 0) is 23.2 Å². The first-order valence-electron chi connectivity index (χ1n) is 6.01. The topological polar surface area (TPSA) is 98.0 Å². The van der Waals surface area contributed by atoms with Crippen LogP contribution in [0.1, 0.15) is 11.1 Å². The predicted octanol–water partition coefficient (Wildman–Crippen LogP) is 2.68. The normalized spacial score (nSPS) is 12.2. The van der Waals surface area contributed by atoms with E-state index in [4.69, 9.17) is 16.7 Å². The van der Waals surface area contributed by atoms with Crippen LogP contribution in [-0.2, 0) is 22.0 Å². The molecule has 3 N–H and O–H groups in total. The van der Waals surface area contributed by atoms with Crippen molar-refractivity contribution in [1.29, 1.82) is 0 Å². The molecule has 124 valence electrons. The van der Waals surface area contributed by atoms with Crippen molar-refractivity contribution in [2.75, 3.05) is 5.32 Å². The third kappa shape index (κ3) is 4.78. The van der Waals surface area contributed by atoms with Crippen LogP contribution in [0.25, 0.3) is 0 Å². The first kappa shape index (κ1) is 17.4. The quantitative estimate of drug-likeness (QED) is 0.811. The molecule has 0 aliphatic carbocycles. The maximum atomic E-state index is 13.0. The molecule has 0 amide bonds. The molecular weight excluding hydrogens is 357 g/mol.